The molecule has 1 unspecified atom stereocenters. The van der Waals surface area contributed by atoms with Crippen molar-refractivity contribution in [3.05, 3.63) is 33.1 Å². The minimum absolute atomic E-state index is 0.153. The van der Waals surface area contributed by atoms with Gasteiger partial charge in [0.25, 0.3) is 14.1 Å². The first kappa shape index (κ1) is 18.3. The van der Waals surface area contributed by atoms with Crippen molar-refractivity contribution in [3.8, 4) is 0 Å². The van der Waals surface area contributed by atoms with E-state index in [9.17, 15) is 9.59 Å². The standard InChI is InChI=1S/C17H26N3O5P/c1-3-12-11-6-5-9-19(11)26(24-12)25-14-10-16(23-13(14)4-2)20-15(21)7-8-18-17(20)22/h7-8,11-14,16H,3-6,9-10H2,1-2H3,(H,18,22)/t11-,12+,13+,14?,16+,26-/m0/s1. The van der Waals surface area contributed by atoms with Crippen molar-refractivity contribution in [2.45, 2.75) is 76.5 Å². The van der Waals surface area contributed by atoms with E-state index in [0.717, 1.165) is 30.4 Å². The molecule has 8 nitrogen and oxygen atoms in total. The summed E-state index contributed by atoms with van der Waals surface area (Å²) in [5.41, 5.74) is -0.811. The minimum atomic E-state index is -1.10. The second-order valence-corrected chi connectivity index (χ2v) is 8.48. The van der Waals surface area contributed by atoms with Crippen molar-refractivity contribution >= 4 is 8.53 Å². The molecule has 1 N–H and O–H groups in total. The van der Waals surface area contributed by atoms with Crippen LogP contribution < -0.4 is 11.2 Å². The Kier molecular flexibility index (Phi) is 5.30. The van der Waals surface area contributed by atoms with Gasteiger partial charge in [-0.2, -0.15) is 0 Å². The van der Waals surface area contributed by atoms with Crippen LogP contribution in [0.2, 0.25) is 0 Å². The van der Waals surface area contributed by atoms with Crippen LogP contribution in [0.25, 0.3) is 0 Å². The lowest BCUT2D eigenvalue weighted by Gasteiger charge is -2.25. The van der Waals surface area contributed by atoms with E-state index in [-0.39, 0.29) is 23.9 Å². The van der Waals surface area contributed by atoms with Gasteiger partial charge in [-0.1, -0.05) is 13.8 Å². The molecule has 0 spiro atoms. The topological polar surface area (TPSA) is 85.8 Å². The first-order chi connectivity index (χ1) is 12.6. The molecule has 3 saturated heterocycles. The number of rotatable bonds is 5. The van der Waals surface area contributed by atoms with E-state index in [1.54, 1.807) is 0 Å². The van der Waals surface area contributed by atoms with Crippen LogP contribution in [0.1, 0.15) is 52.2 Å². The van der Waals surface area contributed by atoms with Crippen molar-refractivity contribution in [1.29, 1.82) is 0 Å². The summed E-state index contributed by atoms with van der Waals surface area (Å²) < 4.78 is 22.1. The van der Waals surface area contributed by atoms with Gasteiger partial charge >= 0.3 is 5.69 Å². The molecule has 0 aromatic carbocycles. The van der Waals surface area contributed by atoms with Gasteiger partial charge in [-0.25, -0.2) is 14.0 Å². The quantitative estimate of drug-likeness (QED) is 0.784. The van der Waals surface area contributed by atoms with Gasteiger partial charge in [-0.3, -0.25) is 4.79 Å². The first-order valence-electron chi connectivity index (χ1n) is 9.48. The number of ether oxygens (including phenoxy) is 1. The fourth-order valence-electron chi connectivity index (χ4n) is 4.19. The summed E-state index contributed by atoms with van der Waals surface area (Å²) in [5, 5.41) is 0. The second-order valence-electron chi connectivity index (χ2n) is 7.07. The van der Waals surface area contributed by atoms with Gasteiger partial charge in [-0.05, 0) is 25.7 Å². The predicted molar refractivity (Wildman–Crippen MR) is 96.8 cm³/mol. The summed E-state index contributed by atoms with van der Waals surface area (Å²) in [6, 6.07) is 1.80. The molecule has 4 rings (SSSR count). The summed E-state index contributed by atoms with van der Waals surface area (Å²) in [4.78, 5) is 26.7. The zero-order chi connectivity index (χ0) is 18.3. The van der Waals surface area contributed by atoms with Gasteiger partial charge in [-0.15, -0.1) is 0 Å². The Morgan fingerprint density at radius 1 is 1.31 bits per heavy atom. The first-order valence-corrected chi connectivity index (χ1v) is 10.6. The molecule has 4 heterocycles. The normalized spacial score (nSPS) is 37.3. The van der Waals surface area contributed by atoms with Crippen LogP contribution in [0.5, 0.6) is 0 Å². The molecule has 1 aromatic rings. The maximum atomic E-state index is 12.1. The SMILES string of the molecule is CC[C@H]1O[C@@H](n2c(=O)cc[nH]c2=O)CC1O[P@]1O[C@H](CC)[C@@H]2CCCN21. The molecule has 1 aromatic heterocycles. The average Bonchev–Trinajstić information content (AvgIpc) is 3.31. The van der Waals surface area contributed by atoms with Crippen molar-refractivity contribution in [2.75, 3.05) is 6.54 Å². The number of aromatic amines is 1. The molecule has 0 radical (unpaired) electrons. The third kappa shape index (κ3) is 3.18. The predicted octanol–water partition coefficient (Wildman–Crippen LogP) is 2.12. The van der Waals surface area contributed by atoms with Crippen LogP contribution in [-0.4, -0.2) is 45.1 Å². The molecule has 144 valence electrons. The fourth-order valence-corrected chi connectivity index (χ4v) is 6.27. The number of hydrogen-bond acceptors (Lipinski definition) is 6. The summed E-state index contributed by atoms with van der Waals surface area (Å²) in [5.74, 6) is 0. The van der Waals surface area contributed by atoms with Gasteiger partial charge in [0.1, 0.15) is 6.23 Å². The van der Waals surface area contributed by atoms with E-state index in [4.69, 9.17) is 13.8 Å². The maximum absolute atomic E-state index is 12.1. The van der Waals surface area contributed by atoms with Gasteiger partial charge in [0.05, 0.1) is 18.3 Å². The summed E-state index contributed by atoms with van der Waals surface area (Å²) in [6.07, 6.45) is 5.22. The Morgan fingerprint density at radius 3 is 2.85 bits per heavy atom. The highest BCUT2D eigenvalue weighted by Crippen LogP contribution is 2.58. The van der Waals surface area contributed by atoms with Crippen LogP contribution in [0.15, 0.2) is 21.9 Å². The number of fused-ring (bicyclic) bond motifs is 1. The smallest absolute Gasteiger partial charge is 0.330 e. The van der Waals surface area contributed by atoms with E-state index in [1.807, 2.05) is 6.92 Å². The number of nitrogens with zero attached hydrogens (tertiary/aromatic N) is 2. The fraction of sp³-hybridized carbons (Fsp3) is 0.765. The Hall–Kier alpha value is -1.05. The van der Waals surface area contributed by atoms with E-state index in [0.29, 0.717) is 12.5 Å². The zero-order valence-electron chi connectivity index (χ0n) is 15.2. The van der Waals surface area contributed by atoms with Gasteiger partial charge in [0, 0.05) is 31.3 Å². The molecule has 0 amide bonds. The molecular formula is C17H26N3O5P. The third-order valence-corrected chi connectivity index (χ3v) is 7.34. The van der Waals surface area contributed by atoms with Gasteiger partial charge in [0.2, 0.25) is 0 Å². The lowest BCUT2D eigenvalue weighted by molar-refractivity contribution is -0.0202. The molecule has 26 heavy (non-hydrogen) atoms. The lowest BCUT2D eigenvalue weighted by atomic mass is 10.1. The molecule has 0 aliphatic carbocycles. The molecule has 9 heteroatoms. The highest BCUT2D eigenvalue weighted by Gasteiger charge is 2.48. The van der Waals surface area contributed by atoms with Crippen LogP contribution in [0, 0.1) is 0 Å². The van der Waals surface area contributed by atoms with E-state index in [2.05, 4.69) is 16.6 Å². The molecule has 6 atom stereocenters. The number of H-pyrrole nitrogens is 1. The third-order valence-electron chi connectivity index (χ3n) is 5.52. The second kappa shape index (κ2) is 7.52. The Bertz CT molecular complexity index is 724. The molecule has 3 aliphatic rings. The van der Waals surface area contributed by atoms with E-state index < -0.39 is 20.4 Å². The van der Waals surface area contributed by atoms with Gasteiger partial charge < -0.3 is 18.8 Å². The number of hydrogen-bond donors (Lipinski definition) is 1. The number of nitrogens with one attached hydrogen (secondary N) is 1. The molecule has 3 aliphatic heterocycles. The molecule has 0 saturated carbocycles. The molecule has 0 bridgehead atoms. The highest BCUT2D eigenvalue weighted by molar-refractivity contribution is 7.45. The average molecular weight is 383 g/mol. The Labute approximate surface area is 153 Å². The van der Waals surface area contributed by atoms with Crippen molar-refractivity contribution in [2.24, 2.45) is 0 Å². The van der Waals surface area contributed by atoms with E-state index >= 15 is 0 Å². The minimum Gasteiger partial charge on any atom is -0.352 e. The van der Waals surface area contributed by atoms with Crippen LogP contribution in [-0.2, 0) is 13.8 Å². The monoisotopic (exact) mass is 383 g/mol. The summed E-state index contributed by atoms with van der Waals surface area (Å²) >= 11 is 0. The van der Waals surface area contributed by atoms with Crippen molar-refractivity contribution in [1.82, 2.24) is 14.2 Å². The Morgan fingerprint density at radius 2 is 2.12 bits per heavy atom. The number of aromatic nitrogens is 2. The van der Waals surface area contributed by atoms with Crippen LogP contribution in [0.3, 0.4) is 0 Å². The lowest BCUT2D eigenvalue weighted by Crippen LogP contribution is -2.37. The van der Waals surface area contributed by atoms with Gasteiger partial charge in [0.15, 0.2) is 0 Å². The highest BCUT2D eigenvalue weighted by atomic mass is 31.2. The largest absolute Gasteiger partial charge is 0.352 e. The van der Waals surface area contributed by atoms with Crippen LogP contribution >= 0.6 is 8.53 Å². The molecule has 3 fully saturated rings. The zero-order valence-corrected chi connectivity index (χ0v) is 16.1. The summed E-state index contributed by atoms with van der Waals surface area (Å²) in [7, 11) is -1.10. The maximum Gasteiger partial charge on any atom is 0.330 e. The van der Waals surface area contributed by atoms with E-state index in [1.165, 1.54) is 18.7 Å². The van der Waals surface area contributed by atoms with Crippen molar-refractivity contribution < 1.29 is 13.8 Å². The summed E-state index contributed by atoms with van der Waals surface area (Å²) in [6.45, 7) is 5.19. The Balaban J connectivity index is 1.50. The van der Waals surface area contributed by atoms with Crippen LogP contribution in [0.4, 0.5) is 0 Å². The van der Waals surface area contributed by atoms with Crippen molar-refractivity contribution in [3.63, 3.8) is 0 Å². The molecular weight excluding hydrogens is 357 g/mol.